The Morgan fingerprint density at radius 3 is 2.52 bits per heavy atom. The lowest BCUT2D eigenvalue weighted by Crippen LogP contribution is -2.33. The van der Waals surface area contributed by atoms with Crippen LogP contribution >= 0.6 is 0 Å². The van der Waals surface area contributed by atoms with Crippen molar-refractivity contribution in [1.29, 1.82) is 0 Å². The molecule has 2 aromatic carbocycles. The Labute approximate surface area is 159 Å². The summed E-state index contributed by atoms with van der Waals surface area (Å²) in [7, 11) is 0. The zero-order valence-corrected chi connectivity index (χ0v) is 16.4. The average Bonchev–Trinajstić information content (AvgIpc) is 2.61. The van der Waals surface area contributed by atoms with Gasteiger partial charge in [-0.05, 0) is 55.8 Å². The SMILES string of the molecule is CCCC(=O)N(Cc1cc2cccc(C)c2[nH]c1=O)c1ccc(C)cc1C. The van der Waals surface area contributed by atoms with E-state index >= 15 is 0 Å². The molecule has 1 N–H and O–H groups in total. The topological polar surface area (TPSA) is 53.2 Å². The maximum Gasteiger partial charge on any atom is 0.253 e. The van der Waals surface area contributed by atoms with Crippen LogP contribution in [0, 0.1) is 20.8 Å². The fourth-order valence-corrected chi connectivity index (χ4v) is 3.48. The van der Waals surface area contributed by atoms with Gasteiger partial charge in [0.15, 0.2) is 0 Å². The maximum atomic E-state index is 12.8. The second-order valence-electron chi connectivity index (χ2n) is 7.18. The zero-order valence-electron chi connectivity index (χ0n) is 16.4. The summed E-state index contributed by atoms with van der Waals surface area (Å²) < 4.78 is 0. The first-order chi connectivity index (χ1) is 12.9. The van der Waals surface area contributed by atoms with Crippen molar-refractivity contribution in [2.24, 2.45) is 0 Å². The van der Waals surface area contributed by atoms with Gasteiger partial charge in [0, 0.05) is 17.7 Å². The third-order valence-electron chi connectivity index (χ3n) is 4.90. The van der Waals surface area contributed by atoms with Gasteiger partial charge in [0.2, 0.25) is 5.91 Å². The van der Waals surface area contributed by atoms with Gasteiger partial charge in [-0.1, -0.05) is 42.8 Å². The van der Waals surface area contributed by atoms with E-state index in [0.29, 0.717) is 12.0 Å². The molecule has 4 heteroatoms. The molecular formula is C23H26N2O2. The number of nitrogens with one attached hydrogen (secondary N) is 1. The molecule has 0 saturated carbocycles. The summed E-state index contributed by atoms with van der Waals surface area (Å²) in [4.78, 5) is 30.2. The highest BCUT2D eigenvalue weighted by molar-refractivity contribution is 5.94. The Hall–Kier alpha value is -2.88. The predicted molar refractivity (Wildman–Crippen MR) is 111 cm³/mol. The number of hydrogen-bond acceptors (Lipinski definition) is 2. The number of anilines is 1. The Balaban J connectivity index is 2.06. The molecule has 1 aromatic heterocycles. The van der Waals surface area contributed by atoms with Gasteiger partial charge in [-0.25, -0.2) is 0 Å². The quantitative estimate of drug-likeness (QED) is 0.710. The van der Waals surface area contributed by atoms with Gasteiger partial charge in [-0.15, -0.1) is 0 Å². The monoisotopic (exact) mass is 362 g/mol. The van der Waals surface area contributed by atoms with Gasteiger partial charge in [-0.3, -0.25) is 9.59 Å². The average molecular weight is 362 g/mol. The third-order valence-corrected chi connectivity index (χ3v) is 4.90. The molecule has 27 heavy (non-hydrogen) atoms. The number of amides is 1. The molecule has 3 aromatic rings. The lowest BCUT2D eigenvalue weighted by molar-refractivity contribution is -0.118. The second-order valence-corrected chi connectivity index (χ2v) is 7.18. The molecule has 1 amide bonds. The number of para-hydroxylation sites is 1. The van der Waals surface area contributed by atoms with Crippen LogP contribution in [0.15, 0.2) is 47.3 Å². The van der Waals surface area contributed by atoms with E-state index < -0.39 is 0 Å². The van der Waals surface area contributed by atoms with E-state index in [1.54, 1.807) is 4.90 Å². The molecule has 0 radical (unpaired) electrons. The highest BCUT2D eigenvalue weighted by Gasteiger charge is 2.19. The number of carbonyl (C=O) groups is 1. The normalized spacial score (nSPS) is 11.0. The number of fused-ring (bicyclic) bond motifs is 1. The van der Waals surface area contributed by atoms with Crippen molar-refractivity contribution in [3.05, 3.63) is 75.1 Å². The molecule has 1 heterocycles. The minimum absolute atomic E-state index is 0.0354. The summed E-state index contributed by atoms with van der Waals surface area (Å²) in [5.74, 6) is 0.0354. The Bertz CT molecular complexity index is 1050. The van der Waals surface area contributed by atoms with Crippen LogP contribution in [0.4, 0.5) is 5.69 Å². The Morgan fingerprint density at radius 2 is 1.81 bits per heavy atom. The molecule has 0 spiro atoms. The number of H-pyrrole nitrogens is 1. The van der Waals surface area contributed by atoms with Gasteiger partial charge in [0.05, 0.1) is 12.1 Å². The lowest BCUT2D eigenvalue weighted by atomic mass is 10.1. The summed E-state index contributed by atoms with van der Waals surface area (Å²) in [6, 6.07) is 13.9. The first-order valence-corrected chi connectivity index (χ1v) is 9.40. The zero-order chi connectivity index (χ0) is 19.6. The van der Waals surface area contributed by atoms with E-state index in [4.69, 9.17) is 0 Å². The number of nitrogens with zero attached hydrogens (tertiary/aromatic N) is 1. The smallest absolute Gasteiger partial charge is 0.253 e. The van der Waals surface area contributed by atoms with Crippen LogP contribution in [0.25, 0.3) is 10.9 Å². The molecule has 0 saturated heterocycles. The van der Waals surface area contributed by atoms with E-state index in [9.17, 15) is 9.59 Å². The van der Waals surface area contributed by atoms with Crippen LogP contribution in [0.5, 0.6) is 0 Å². The van der Waals surface area contributed by atoms with Crippen LogP contribution in [0.2, 0.25) is 0 Å². The van der Waals surface area contributed by atoms with Crippen molar-refractivity contribution in [3.8, 4) is 0 Å². The highest BCUT2D eigenvalue weighted by Crippen LogP contribution is 2.24. The van der Waals surface area contributed by atoms with E-state index in [1.165, 1.54) is 0 Å². The van der Waals surface area contributed by atoms with Crippen LogP contribution in [0.3, 0.4) is 0 Å². The number of aryl methyl sites for hydroxylation is 3. The molecule has 0 atom stereocenters. The van der Waals surface area contributed by atoms with Crippen molar-refractivity contribution in [3.63, 3.8) is 0 Å². The van der Waals surface area contributed by atoms with Crippen molar-refractivity contribution in [2.75, 3.05) is 4.90 Å². The van der Waals surface area contributed by atoms with E-state index in [1.807, 2.05) is 64.1 Å². The summed E-state index contributed by atoms with van der Waals surface area (Å²) in [5, 5.41) is 0.980. The molecule has 0 aliphatic rings. The first-order valence-electron chi connectivity index (χ1n) is 9.40. The molecular weight excluding hydrogens is 336 g/mol. The van der Waals surface area contributed by atoms with Gasteiger partial charge in [0.1, 0.15) is 0 Å². The number of aromatic nitrogens is 1. The van der Waals surface area contributed by atoms with Gasteiger partial charge in [0.25, 0.3) is 5.56 Å². The Morgan fingerprint density at radius 1 is 1.04 bits per heavy atom. The van der Waals surface area contributed by atoms with Crippen LogP contribution in [-0.4, -0.2) is 10.9 Å². The molecule has 140 valence electrons. The standard InChI is InChI=1S/C23H26N2O2/c1-5-7-21(26)25(20-11-10-15(2)12-17(20)4)14-19-13-18-9-6-8-16(3)22(18)24-23(19)27/h6,8-13H,5,7,14H2,1-4H3,(H,24,27). The van der Waals surface area contributed by atoms with E-state index in [2.05, 4.69) is 11.1 Å². The van der Waals surface area contributed by atoms with Crippen molar-refractivity contribution in [2.45, 2.75) is 47.1 Å². The van der Waals surface area contributed by atoms with Crippen molar-refractivity contribution >= 4 is 22.5 Å². The lowest BCUT2D eigenvalue weighted by Gasteiger charge is -2.25. The summed E-state index contributed by atoms with van der Waals surface area (Å²) in [6.45, 7) is 8.27. The number of hydrogen-bond donors (Lipinski definition) is 1. The predicted octanol–water partition coefficient (Wildman–Crippen LogP) is 4.79. The van der Waals surface area contributed by atoms with Gasteiger partial charge < -0.3 is 9.88 Å². The number of benzene rings is 2. The number of aromatic amines is 1. The van der Waals surface area contributed by atoms with Crippen molar-refractivity contribution < 1.29 is 4.79 Å². The minimum atomic E-state index is -0.143. The van der Waals surface area contributed by atoms with Crippen LogP contribution < -0.4 is 10.5 Å². The van der Waals surface area contributed by atoms with E-state index in [-0.39, 0.29) is 18.0 Å². The van der Waals surface area contributed by atoms with Crippen LogP contribution in [0.1, 0.15) is 42.0 Å². The highest BCUT2D eigenvalue weighted by atomic mass is 16.2. The number of pyridine rings is 1. The molecule has 0 aliphatic heterocycles. The molecule has 0 unspecified atom stereocenters. The molecule has 0 aliphatic carbocycles. The maximum absolute atomic E-state index is 12.8. The molecule has 4 nitrogen and oxygen atoms in total. The first kappa shape index (κ1) is 18.9. The number of rotatable bonds is 5. The third kappa shape index (κ3) is 3.95. The minimum Gasteiger partial charge on any atom is -0.321 e. The molecule has 0 fully saturated rings. The van der Waals surface area contributed by atoms with E-state index in [0.717, 1.165) is 39.7 Å². The molecule has 0 bridgehead atoms. The fourth-order valence-electron chi connectivity index (χ4n) is 3.48. The van der Waals surface area contributed by atoms with Gasteiger partial charge in [-0.2, -0.15) is 0 Å². The molecule has 3 rings (SSSR count). The summed E-state index contributed by atoms with van der Waals surface area (Å²) in [5.41, 5.74) is 5.38. The van der Waals surface area contributed by atoms with Crippen LogP contribution in [-0.2, 0) is 11.3 Å². The van der Waals surface area contributed by atoms with Crippen molar-refractivity contribution in [1.82, 2.24) is 4.98 Å². The summed E-state index contributed by atoms with van der Waals surface area (Å²) >= 11 is 0. The number of carbonyl (C=O) groups excluding carboxylic acids is 1. The van der Waals surface area contributed by atoms with Gasteiger partial charge >= 0.3 is 0 Å². The second kappa shape index (κ2) is 7.78. The summed E-state index contributed by atoms with van der Waals surface area (Å²) in [6.07, 6.45) is 1.23. The Kier molecular flexibility index (Phi) is 5.45. The largest absolute Gasteiger partial charge is 0.321 e. The fraction of sp³-hybridized carbons (Fsp3) is 0.304.